The largest absolute Gasteiger partial charge is 0.260 e. The summed E-state index contributed by atoms with van der Waals surface area (Å²) < 4.78 is 1.09. The zero-order chi connectivity index (χ0) is 11.4. The third-order valence-corrected chi connectivity index (χ3v) is 2.82. The molecule has 1 aromatic carbocycles. The van der Waals surface area contributed by atoms with E-state index in [0.717, 1.165) is 15.8 Å². The maximum absolute atomic E-state index is 8.53. The summed E-state index contributed by atoms with van der Waals surface area (Å²) in [5, 5.41) is 17.1. The van der Waals surface area contributed by atoms with Crippen LogP contribution in [0.4, 0.5) is 0 Å². The van der Waals surface area contributed by atoms with E-state index in [4.69, 9.17) is 10.5 Å². The fourth-order valence-electron chi connectivity index (χ4n) is 1.26. The van der Waals surface area contributed by atoms with Gasteiger partial charge in [0.1, 0.15) is 12.1 Å². The number of rotatable bonds is 2. The van der Waals surface area contributed by atoms with Crippen molar-refractivity contribution in [1.29, 1.82) is 10.5 Å². The van der Waals surface area contributed by atoms with Gasteiger partial charge in [0.15, 0.2) is 0 Å². The van der Waals surface area contributed by atoms with E-state index in [1.165, 1.54) is 0 Å². The second-order valence-electron chi connectivity index (χ2n) is 3.04. The van der Waals surface area contributed by atoms with Crippen molar-refractivity contribution in [3.8, 4) is 12.1 Å². The standard InChI is InChI=1S/C11H6N4S/c12-4-9(5-13)14-6-8-1-2-10-11(3-8)16-7-15-10/h1-3,7H,6H2. The van der Waals surface area contributed by atoms with Gasteiger partial charge >= 0.3 is 0 Å². The van der Waals surface area contributed by atoms with E-state index >= 15 is 0 Å². The van der Waals surface area contributed by atoms with Gasteiger partial charge in [-0.3, -0.25) is 4.99 Å². The van der Waals surface area contributed by atoms with Crippen molar-refractivity contribution < 1.29 is 0 Å². The van der Waals surface area contributed by atoms with E-state index in [1.54, 1.807) is 29.0 Å². The van der Waals surface area contributed by atoms with E-state index in [1.807, 2.05) is 18.2 Å². The molecule has 0 spiro atoms. The van der Waals surface area contributed by atoms with Crippen molar-refractivity contribution in [2.45, 2.75) is 6.54 Å². The minimum absolute atomic E-state index is 0.0931. The zero-order valence-corrected chi connectivity index (χ0v) is 9.03. The van der Waals surface area contributed by atoms with Gasteiger partial charge in [-0.2, -0.15) is 10.5 Å². The molecule has 1 aromatic heterocycles. The number of nitrogens with zero attached hydrogens (tertiary/aromatic N) is 4. The quantitative estimate of drug-likeness (QED) is 0.737. The summed E-state index contributed by atoms with van der Waals surface area (Å²) in [7, 11) is 0. The lowest BCUT2D eigenvalue weighted by molar-refractivity contribution is 1.08. The highest BCUT2D eigenvalue weighted by Gasteiger charge is 1.99. The fourth-order valence-corrected chi connectivity index (χ4v) is 2.00. The van der Waals surface area contributed by atoms with Crippen molar-refractivity contribution in [2.75, 3.05) is 0 Å². The van der Waals surface area contributed by atoms with Crippen LogP contribution in [0.1, 0.15) is 5.56 Å². The Kier molecular flexibility index (Phi) is 2.90. The van der Waals surface area contributed by atoms with Crippen molar-refractivity contribution in [3.05, 3.63) is 29.3 Å². The summed E-state index contributed by atoms with van der Waals surface area (Å²) in [6, 6.07) is 9.25. The Labute approximate surface area is 96.1 Å². The molecule has 0 radical (unpaired) electrons. The first kappa shape index (κ1) is 10.3. The molecule has 0 aliphatic rings. The Hall–Kier alpha value is -2.24. The van der Waals surface area contributed by atoms with E-state index in [2.05, 4.69) is 9.98 Å². The van der Waals surface area contributed by atoms with E-state index < -0.39 is 0 Å². The molecule has 0 fully saturated rings. The normalized spacial score (nSPS) is 9.38. The Bertz CT molecular complexity index is 611. The molecule has 1 heterocycles. The van der Waals surface area contributed by atoms with Gasteiger partial charge in [0.25, 0.3) is 0 Å². The molecule has 0 saturated heterocycles. The molecule has 0 unspecified atom stereocenters. The van der Waals surface area contributed by atoms with Gasteiger partial charge in [-0.15, -0.1) is 11.3 Å². The Morgan fingerprint density at radius 3 is 2.94 bits per heavy atom. The second-order valence-corrected chi connectivity index (χ2v) is 3.93. The van der Waals surface area contributed by atoms with Crippen LogP contribution in [0.2, 0.25) is 0 Å². The summed E-state index contributed by atoms with van der Waals surface area (Å²) >= 11 is 1.56. The molecule has 5 heteroatoms. The lowest BCUT2D eigenvalue weighted by atomic mass is 10.2. The molecule has 0 N–H and O–H groups in total. The third-order valence-electron chi connectivity index (χ3n) is 2.03. The first-order valence-corrected chi connectivity index (χ1v) is 5.38. The number of aliphatic imine (C=N–C) groups is 1. The first-order valence-electron chi connectivity index (χ1n) is 4.50. The minimum atomic E-state index is -0.0931. The van der Waals surface area contributed by atoms with Crippen LogP contribution in [-0.2, 0) is 6.54 Å². The van der Waals surface area contributed by atoms with Crippen molar-refractivity contribution in [1.82, 2.24) is 4.98 Å². The molecule has 2 rings (SSSR count). The maximum Gasteiger partial charge on any atom is 0.213 e. The van der Waals surface area contributed by atoms with Gasteiger partial charge < -0.3 is 0 Å². The molecule has 0 bridgehead atoms. The summed E-state index contributed by atoms with van der Waals surface area (Å²) in [6.45, 7) is 0.351. The van der Waals surface area contributed by atoms with Gasteiger partial charge in [0.05, 0.1) is 22.3 Å². The topological polar surface area (TPSA) is 72.8 Å². The Morgan fingerprint density at radius 2 is 2.19 bits per heavy atom. The Balaban J connectivity index is 2.26. The average molecular weight is 226 g/mol. The number of hydrogen-bond donors (Lipinski definition) is 0. The summed E-state index contributed by atoms with van der Waals surface area (Å²) in [5.41, 5.74) is 3.62. The fraction of sp³-hybridized carbons (Fsp3) is 0.0909. The van der Waals surface area contributed by atoms with Crippen LogP contribution >= 0.6 is 11.3 Å². The van der Waals surface area contributed by atoms with E-state index in [9.17, 15) is 0 Å². The molecule has 2 aromatic rings. The molecule has 0 aliphatic heterocycles. The lowest BCUT2D eigenvalue weighted by Crippen LogP contribution is -1.90. The van der Waals surface area contributed by atoms with Crippen LogP contribution < -0.4 is 0 Å². The number of nitriles is 2. The first-order chi connectivity index (χ1) is 7.83. The highest BCUT2D eigenvalue weighted by Crippen LogP contribution is 2.19. The van der Waals surface area contributed by atoms with Gasteiger partial charge in [0.2, 0.25) is 5.71 Å². The van der Waals surface area contributed by atoms with Crippen molar-refractivity contribution in [3.63, 3.8) is 0 Å². The van der Waals surface area contributed by atoms with Crippen LogP contribution in [0, 0.1) is 22.7 Å². The number of hydrogen-bond acceptors (Lipinski definition) is 5. The number of benzene rings is 1. The molecule has 4 nitrogen and oxygen atoms in total. The zero-order valence-electron chi connectivity index (χ0n) is 8.21. The van der Waals surface area contributed by atoms with E-state index in [-0.39, 0.29) is 5.71 Å². The van der Waals surface area contributed by atoms with E-state index in [0.29, 0.717) is 6.54 Å². The monoisotopic (exact) mass is 226 g/mol. The van der Waals surface area contributed by atoms with Crippen LogP contribution in [0.3, 0.4) is 0 Å². The lowest BCUT2D eigenvalue weighted by Gasteiger charge is -1.95. The molecule has 0 atom stereocenters. The summed E-state index contributed by atoms with van der Waals surface area (Å²) in [6.07, 6.45) is 0. The molecule has 0 saturated carbocycles. The van der Waals surface area contributed by atoms with Gasteiger partial charge in [-0.1, -0.05) is 6.07 Å². The van der Waals surface area contributed by atoms with Crippen LogP contribution in [0.25, 0.3) is 10.2 Å². The van der Waals surface area contributed by atoms with Crippen LogP contribution in [0.5, 0.6) is 0 Å². The summed E-state index contributed by atoms with van der Waals surface area (Å²) in [4.78, 5) is 8.07. The maximum atomic E-state index is 8.53. The second kappa shape index (κ2) is 4.52. The third kappa shape index (κ3) is 2.05. The average Bonchev–Trinajstić information content (AvgIpc) is 2.77. The predicted octanol–water partition coefficient (Wildman–Crippen LogP) is 2.28. The van der Waals surface area contributed by atoms with Gasteiger partial charge in [0, 0.05) is 0 Å². The highest BCUT2D eigenvalue weighted by atomic mass is 32.1. The smallest absolute Gasteiger partial charge is 0.213 e. The number of thiazole rings is 1. The van der Waals surface area contributed by atoms with Gasteiger partial charge in [-0.05, 0) is 17.7 Å². The van der Waals surface area contributed by atoms with Crippen LogP contribution in [0.15, 0.2) is 28.7 Å². The molecular formula is C11H6N4S. The number of fused-ring (bicyclic) bond motifs is 1. The summed E-state index contributed by atoms with van der Waals surface area (Å²) in [5.74, 6) is 0. The highest BCUT2D eigenvalue weighted by molar-refractivity contribution is 7.16. The molecule has 16 heavy (non-hydrogen) atoms. The molecule has 76 valence electrons. The van der Waals surface area contributed by atoms with Gasteiger partial charge in [-0.25, -0.2) is 4.98 Å². The minimum Gasteiger partial charge on any atom is -0.260 e. The Morgan fingerprint density at radius 1 is 1.38 bits per heavy atom. The molecule has 0 amide bonds. The molecular weight excluding hydrogens is 220 g/mol. The molecule has 0 aliphatic carbocycles. The van der Waals surface area contributed by atoms with Crippen LogP contribution in [-0.4, -0.2) is 10.7 Å². The number of aromatic nitrogens is 1. The van der Waals surface area contributed by atoms with Crippen molar-refractivity contribution in [2.24, 2.45) is 4.99 Å². The predicted molar refractivity (Wildman–Crippen MR) is 62.0 cm³/mol. The SMILES string of the molecule is N#CC(C#N)=NCc1ccc2ncsc2c1. The van der Waals surface area contributed by atoms with Crippen molar-refractivity contribution >= 4 is 27.3 Å².